The van der Waals surface area contributed by atoms with Gasteiger partial charge < -0.3 is 9.88 Å². The Labute approximate surface area is 260 Å². The SMILES string of the molecule is CC(NC(=O)Cn1cc(-c2ccc(Cl)cc2Cl)nc1C=C1c2ccccc2-c2ccccc21)c1cccc2ccccc12. The van der Waals surface area contributed by atoms with Gasteiger partial charge in [-0.2, -0.15) is 0 Å². The summed E-state index contributed by atoms with van der Waals surface area (Å²) in [5, 5.41) is 6.53. The van der Waals surface area contributed by atoms with E-state index in [1.165, 1.54) is 11.1 Å². The molecule has 4 nitrogen and oxygen atoms in total. The topological polar surface area (TPSA) is 46.9 Å². The standard InChI is InChI=1S/C37H27Cl2N3O/c1-23(26-16-8-10-24-9-2-3-11-27(24)26)40-37(43)22-42-21-35(32-18-17-25(38)19-34(32)39)41-36(42)20-33-30-14-6-4-12-28(30)29-13-5-7-15-31(29)33/h2-21,23H,22H2,1H3,(H,40,43). The second-order valence-corrected chi connectivity index (χ2v) is 11.6. The van der Waals surface area contributed by atoms with E-state index in [0.29, 0.717) is 21.6 Å². The van der Waals surface area contributed by atoms with Gasteiger partial charge in [-0.25, -0.2) is 4.98 Å². The summed E-state index contributed by atoms with van der Waals surface area (Å²) in [6.45, 7) is 2.11. The minimum absolute atomic E-state index is 0.0930. The van der Waals surface area contributed by atoms with Gasteiger partial charge in [0.05, 0.1) is 16.8 Å². The van der Waals surface area contributed by atoms with Crippen LogP contribution in [0.5, 0.6) is 0 Å². The zero-order chi connectivity index (χ0) is 29.5. The first kappa shape index (κ1) is 27.2. The first-order valence-electron chi connectivity index (χ1n) is 14.2. The molecule has 0 bridgehead atoms. The number of carbonyl (C=O) groups excluding carboxylic acids is 1. The molecule has 6 heteroatoms. The Kier molecular flexibility index (Phi) is 7.10. The number of nitrogens with one attached hydrogen (secondary N) is 1. The lowest BCUT2D eigenvalue weighted by atomic mass is 10.00. The Morgan fingerprint density at radius 1 is 0.814 bits per heavy atom. The average Bonchev–Trinajstić information content (AvgIpc) is 3.55. The Hall–Kier alpha value is -4.64. The third kappa shape index (κ3) is 5.14. The van der Waals surface area contributed by atoms with Crippen LogP contribution < -0.4 is 5.32 Å². The molecule has 7 rings (SSSR count). The molecule has 1 amide bonds. The van der Waals surface area contributed by atoms with Crippen molar-refractivity contribution in [2.75, 3.05) is 0 Å². The summed E-state index contributed by atoms with van der Waals surface area (Å²) in [5.41, 5.74) is 8.21. The van der Waals surface area contributed by atoms with Crippen molar-refractivity contribution in [1.82, 2.24) is 14.9 Å². The van der Waals surface area contributed by atoms with Crippen molar-refractivity contribution in [3.63, 3.8) is 0 Å². The second-order valence-electron chi connectivity index (χ2n) is 10.7. The number of amides is 1. The van der Waals surface area contributed by atoms with Crippen LogP contribution in [0.25, 0.3) is 44.8 Å². The lowest BCUT2D eigenvalue weighted by Gasteiger charge is -2.17. The fraction of sp³-hybridized carbons (Fsp3) is 0.0811. The zero-order valence-corrected chi connectivity index (χ0v) is 24.9. The molecule has 1 aliphatic rings. The van der Waals surface area contributed by atoms with Crippen LogP contribution in [0.3, 0.4) is 0 Å². The van der Waals surface area contributed by atoms with Gasteiger partial charge >= 0.3 is 0 Å². The van der Waals surface area contributed by atoms with Gasteiger partial charge in [-0.05, 0) is 75.4 Å². The summed E-state index contributed by atoms with van der Waals surface area (Å²) in [6.07, 6.45) is 3.95. The molecule has 1 N–H and O–H groups in total. The van der Waals surface area contributed by atoms with Crippen LogP contribution in [-0.4, -0.2) is 15.5 Å². The van der Waals surface area contributed by atoms with Gasteiger partial charge in [0.1, 0.15) is 12.4 Å². The number of aromatic nitrogens is 2. The summed E-state index contributed by atoms with van der Waals surface area (Å²) in [5.74, 6) is 0.550. The van der Waals surface area contributed by atoms with Gasteiger partial charge in [0, 0.05) is 16.8 Å². The van der Waals surface area contributed by atoms with Gasteiger partial charge in [-0.1, -0.05) is 114 Å². The summed E-state index contributed by atoms with van der Waals surface area (Å²) in [6, 6.07) is 36.3. The molecule has 0 fully saturated rings. The molecule has 1 unspecified atom stereocenters. The molecule has 0 spiro atoms. The molecule has 0 radical (unpaired) electrons. The Morgan fingerprint density at radius 3 is 2.19 bits per heavy atom. The number of hydrogen-bond acceptors (Lipinski definition) is 2. The van der Waals surface area contributed by atoms with Gasteiger partial charge in [0.15, 0.2) is 0 Å². The molecule has 0 saturated heterocycles. The molecular formula is C37H27Cl2N3O. The largest absolute Gasteiger partial charge is 0.348 e. The van der Waals surface area contributed by atoms with Crippen LogP contribution in [0, 0.1) is 0 Å². The number of fused-ring (bicyclic) bond motifs is 4. The monoisotopic (exact) mass is 599 g/mol. The normalized spacial score (nSPS) is 12.6. The van der Waals surface area contributed by atoms with Crippen LogP contribution in [-0.2, 0) is 11.3 Å². The maximum atomic E-state index is 13.6. The van der Waals surface area contributed by atoms with Crippen molar-refractivity contribution in [2.45, 2.75) is 19.5 Å². The maximum Gasteiger partial charge on any atom is 0.240 e. The number of carbonyl (C=O) groups is 1. The fourth-order valence-electron chi connectivity index (χ4n) is 5.98. The number of imidazole rings is 1. The van der Waals surface area contributed by atoms with E-state index in [0.717, 1.165) is 38.6 Å². The highest BCUT2D eigenvalue weighted by atomic mass is 35.5. The van der Waals surface area contributed by atoms with Crippen molar-refractivity contribution in [1.29, 1.82) is 0 Å². The molecule has 1 heterocycles. The van der Waals surface area contributed by atoms with Gasteiger partial charge in [0.25, 0.3) is 0 Å². The van der Waals surface area contributed by atoms with E-state index in [4.69, 9.17) is 28.2 Å². The van der Waals surface area contributed by atoms with E-state index in [1.54, 1.807) is 12.1 Å². The maximum absolute atomic E-state index is 13.6. The minimum Gasteiger partial charge on any atom is -0.348 e. The summed E-state index contributed by atoms with van der Waals surface area (Å²) in [7, 11) is 0. The predicted molar refractivity (Wildman–Crippen MR) is 177 cm³/mol. The van der Waals surface area contributed by atoms with Crippen molar-refractivity contribution < 1.29 is 4.79 Å². The highest BCUT2D eigenvalue weighted by molar-refractivity contribution is 6.36. The number of halogens is 2. The Bertz CT molecular complexity index is 2010. The highest BCUT2D eigenvalue weighted by Crippen LogP contribution is 2.44. The number of nitrogens with zero attached hydrogens (tertiary/aromatic N) is 2. The fourth-order valence-corrected chi connectivity index (χ4v) is 6.49. The Morgan fingerprint density at radius 2 is 1.47 bits per heavy atom. The third-order valence-corrected chi connectivity index (χ3v) is 8.54. The molecule has 1 aromatic heterocycles. The van der Waals surface area contributed by atoms with Gasteiger partial charge in [0.2, 0.25) is 5.91 Å². The van der Waals surface area contributed by atoms with Crippen molar-refractivity contribution in [3.8, 4) is 22.4 Å². The van der Waals surface area contributed by atoms with E-state index >= 15 is 0 Å². The van der Waals surface area contributed by atoms with Crippen LogP contribution >= 0.6 is 23.2 Å². The van der Waals surface area contributed by atoms with Crippen molar-refractivity contribution in [3.05, 3.63) is 148 Å². The molecule has 1 atom stereocenters. The molecule has 43 heavy (non-hydrogen) atoms. The summed E-state index contributed by atoms with van der Waals surface area (Å²) >= 11 is 12.8. The Balaban J connectivity index is 1.27. The van der Waals surface area contributed by atoms with E-state index in [9.17, 15) is 4.79 Å². The van der Waals surface area contributed by atoms with E-state index in [2.05, 4.69) is 72.1 Å². The average molecular weight is 601 g/mol. The lowest BCUT2D eigenvalue weighted by molar-refractivity contribution is -0.122. The van der Waals surface area contributed by atoms with E-state index in [-0.39, 0.29) is 18.5 Å². The van der Waals surface area contributed by atoms with Crippen LogP contribution in [0.1, 0.15) is 35.5 Å². The molecule has 210 valence electrons. The third-order valence-electron chi connectivity index (χ3n) is 7.99. The van der Waals surface area contributed by atoms with Crippen LogP contribution in [0.15, 0.2) is 115 Å². The van der Waals surface area contributed by atoms with Crippen molar-refractivity contribution in [2.24, 2.45) is 0 Å². The first-order chi connectivity index (χ1) is 21.0. The van der Waals surface area contributed by atoms with Gasteiger partial charge in [-0.15, -0.1) is 0 Å². The number of benzene rings is 5. The highest BCUT2D eigenvalue weighted by Gasteiger charge is 2.24. The summed E-state index contributed by atoms with van der Waals surface area (Å²) < 4.78 is 1.89. The minimum atomic E-state index is -0.178. The lowest BCUT2D eigenvalue weighted by Crippen LogP contribution is -2.30. The zero-order valence-electron chi connectivity index (χ0n) is 23.4. The molecule has 0 saturated carbocycles. The van der Waals surface area contributed by atoms with E-state index in [1.807, 2.05) is 54.1 Å². The van der Waals surface area contributed by atoms with Crippen molar-refractivity contribution >= 4 is 51.5 Å². The van der Waals surface area contributed by atoms with Gasteiger partial charge in [-0.3, -0.25) is 4.79 Å². The quantitative estimate of drug-likeness (QED) is 0.207. The predicted octanol–water partition coefficient (Wildman–Crippen LogP) is 9.46. The molecular weight excluding hydrogens is 573 g/mol. The smallest absolute Gasteiger partial charge is 0.240 e. The number of hydrogen-bond donors (Lipinski definition) is 1. The van der Waals surface area contributed by atoms with Crippen LogP contribution in [0.2, 0.25) is 10.0 Å². The molecule has 6 aromatic rings. The van der Waals surface area contributed by atoms with Crippen LogP contribution in [0.4, 0.5) is 0 Å². The molecule has 5 aromatic carbocycles. The molecule has 1 aliphatic carbocycles. The number of rotatable bonds is 6. The summed E-state index contributed by atoms with van der Waals surface area (Å²) in [4.78, 5) is 18.5. The first-order valence-corrected chi connectivity index (χ1v) is 14.9. The molecule has 0 aliphatic heterocycles. The second kappa shape index (κ2) is 11.2. The van der Waals surface area contributed by atoms with E-state index < -0.39 is 0 Å².